The summed E-state index contributed by atoms with van der Waals surface area (Å²) in [6.45, 7) is 4.69. The van der Waals surface area contributed by atoms with Gasteiger partial charge in [-0.1, -0.05) is 178 Å². The third kappa shape index (κ3) is 4.35. The van der Waals surface area contributed by atoms with Gasteiger partial charge in [-0.05, 0) is 99.7 Å². The standard InChI is InChI=1S/C52H35N/c1-52(2)47-21-11-9-19-44(47)51-50(52)49(45-20-10-12-22-48(45)53-51)33-25-23-32(24-26-33)35-29-30-36(38-14-4-3-13-37(35)38)34-27-28-43-41-17-6-5-15-39(41)40-16-7-8-18-42(40)46(43)31-34/h3-31H,1-2H3. The third-order valence-corrected chi connectivity index (χ3v) is 11.8. The van der Waals surface area contributed by atoms with Crippen molar-refractivity contribution in [3.05, 3.63) is 187 Å². The number of nitrogens with zero attached hydrogens (tertiary/aromatic N) is 1. The van der Waals surface area contributed by atoms with Gasteiger partial charge in [0.2, 0.25) is 0 Å². The van der Waals surface area contributed by atoms with Crippen LogP contribution in [0.1, 0.15) is 25.0 Å². The average Bonchev–Trinajstić information content (AvgIpc) is 3.45. The number of hydrogen-bond donors (Lipinski definition) is 0. The number of fused-ring (bicyclic) bond motifs is 11. The Labute approximate surface area is 308 Å². The van der Waals surface area contributed by atoms with Gasteiger partial charge in [0.05, 0.1) is 11.2 Å². The van der Waals surface area contributed by atoms with E-state index in [0.717, 1.165) is 11.2 Å². The predicted molar refractivity (Wildman–Crippen MR) is 226 cm³/mol. The molecule has 9 aromatic carbocycles. The maximum atomic E-state index is 5.26. The van der Waals surface area contributed by atoms with E-state index in [4.69, 9.17) is 4.98 Å². The van der Waals surface area contributed by atoms with Crippen molar-refractivity contribution in [3.63, 3.8) is 0 Å². The van der Waals surface area contributed by atoms with E-state index in [1.54, 1.807) is 0 Å². The second kappa shape index (κ2) is 11.2. The second-order valence-corrected chi connectivity index (χ2v) is 15.0. The Morgan fingerprint density at radius 3 is 1.49 bits per heavy atom. The average molecular weight is 674 g/mol. The number of hydrogen-bond acceptors (Lipinski definition) is 1. The molecule has 0 saturated carbocycles. The van der Waals surface area contributed by atoms with Crippen molar-refractivity contribution in [2.75, 3.05) is 0 Å². The number of para-hydroxylation sites is 1. The molecule has 1 nitrogen and oxygen atoms in total. The van der Waals surface area contributed by atoms with E-state index < -0.39 is 0 Å². The normalized spacial score (nSPS) is 13.2. The topological polar surface area (TPSA) is 12.9 Å². The zero-order chi connectivity index (χ0) is 35.3. The fraction of sp³-hybridized carbons (Fsp3) is 0.0577. The Bertz CT molecular complexity index is 3090. The van der Waals surface area contributed by atoms with E-state index in [9.17, 15) is 0 Å². The van der Waals surface area contributed by atoms with Crippen LogP contribution in [0.5, 0.6) is 0 Å². The lowest BCUT2D eigenvalue weighted by atomic mass is 9.78. The lowest BCUT2D eigenvalue weighted by Crippen LogP contribution is -2.16. The van der Waals surface area contributed by atoms with E-state index in [0.29, 0.717) is 0 Å². The number of pyridine rings is 1. The molecule has 248 valence electrons. The van der Waals surface area contributed by atoms with Gasteiger partial charge in [-0.25, -0.2) is 4.98 Å². The molecule has 0 bridgehead atoms. The van der Waals surface area contributed by atoms with E-state index in [1.807, 2.05) is 0 Å². The van der Waals surface area contributed by atoms with Crippen LogP contribution in [0.4, 0.5) is 0 Å². The van der Waals surface area contributed by atoms with Crippen molar-refractivity contribution in [1.29, 1.82) is 0 Å². The fourth-order valence-electron chi connectivity index (χ4n) is 9.38. The minimum Gasteiger partial charge on any atom is -0.247 e. The van der Waals surface area contributed by atoms with Crippen LogP contribution in [0.25, 0.3) is 98.6 Å². The molecule has 1 aromatic heterocycles. The molecule has 0 atom stereocenters. The van der Waals surface area contributed by atoms with Gasteiger partial charge < -0.3 is 0 Å². The fourth-order valence-corrected chi connectivity index (χ4v) is 9.38. The van der Waals surface area contributed by atoms with Crippen molar-refractivity contribution in [2.45, 2.75) is 19.3 Å². The first kappa shape index (κ1) is 30.1. The molecule has 11 rings (SSSR count). The zero-order valence-corrected chi connectivity index (χ0v) is 29.7. The molecule has 0 saturated heterocycles. The predicted octanol–water partition coefficient (Wildman–Crippen LogP) is 14.2. The summed E-state index contributed by atoms with van der Waals surface area (Å²) in [5, 5.41) is 11.5. The van der Waals surface area contributed by atoms with E-state index in [1.165, 1.54) is 98.5 Å². The highest BCUT2D eigenvalue weighted by Gasteiger charge is 2.39. The molecule has 10 aromatic rings. The van der Waals surface area contributed by atoms with Crippen LogP contribution in [0, 0.1) is 0 Å². The molecule has 1 aliphatic rings. The first-order valence-corrected chi connectivity index (χ1v) is 18.6. The first-order chi connectivity index (χ1) is 26.1. The molecule has 0 aliphatic heterocycles. The van der Waals surface area contributed by atoms with Gasteiger partial charge in [0.15, 0.2) is 0 Å². The maximum Gasteiger partial charge on any atom is 0.0759 e. The summed E-state index contributed by atoms with van der Waals surface area (Å²) in [6, 6.07) is 64.8. The number of benzene rings is 9. The van der Waals surface area contributed by atoms with Crippen LogP contribution in [0.3, 0.4) is 0 Å². The van der Waals surface area contributed by atoms with Crippen molar-refractivity contribution >= 4 is 54.0 Å². The summed E-state index contributed by atoms with van der Waals surface area (Å²) < 4.78 is 0. The smallest absolute Gasteiger partial charge is 0.0759 e. The number of rotatable bonds is 3. The van der Waals surface area contributed by atoms with Gasteiger partial charge >= 0.3 is 0 Å². The second-order valence-electron chi connectivity index (χ2n) is 15.0. The van der Waals surface area contributed by atoms with Gasteiger partial charge in [-0.2, -0.15) is 0 Å². The highest BCUT2D eigenvalue weighted by Crippen LogP contribution is 2.53. The summed E-state index contributed by atoms with van der Waals surface area (Å²) in [5.41, 5.74) is 13.3. The van der Waals surface area contributed by atoms with Crippen LogP contribution in [-0.4, -0.2) is 4.98 Å². The SMILES string of the molecule is CC1(C)c2ccccc2-c2nc3ccccc3c(-c3ccc(-c4ccc(-c5ccc6c7ccccc7c7ccccc7c6c5)c5ccccc45)cc3)c21. The van der Waals surface area contributed by atoms with Crippen LogP contribution >= 0.6 is 0 Å². The summed E-state index contributed by atoms with van der Waals surface area (Å²) in [4.78, 5) is 5.26. The lowest BCUT2D eigenvalue weighted by Gasteiger charge is -2.25. The molecule has 0 radical (unpaired) electrons. The van der Waals surface area contributed by atoms with E-state index in [2.05, 4.69) is 190 Å². The molecule has 0 N–H and O–H groups in total. The summed E-state index contributed by atoms with van der Waals surface area (Å²) in [5.74, 6) is 0. The Hall–Kier alpha value is -6.57. The van der Waals surface area contributed by atoms with Gasteiger partial charge in [-0.15, -0.1) is 0 Å². The molecule has 53 heavy (non-hydrogen) atoms. The molecule has 0 amide bonds. The molecule has 0 fully saturated rings. The third-order valence-electron chi connectivity index (χ3n) is 11.8. The van der Waals surface area contributed by atoms with Crippen LogP contribution < -0.4 is 0 Å². The molecule has 0 spiro atoms. The van der Waals surface area contributed by atoms with Gasteiger partial charge in [-0.3, -0.25) is 0 Å². The maximum absolute atomic E-state index is 5.26. The molecular weight excluding hydrogens is 639 g/mol. The number of aromatic nitrogens is 1. The molecule has 1 aliphatic carbocycles. The molecule has 0 unspecified atom stereocenters. The highest BCUT2D eigenvalue weighted by molar-refractivity contribution is 6.26. The molecule has 1 heteroatoms. The Balaban J connectivity index is 1.05. The Kier molecular flexibility index (Phi) is 6.37. The summed E-state index contributed by atoms with van der Waals surface area (Å²) in [7, 11) is 0. The minimum absolute atomic E-state index is 0.162. The summed E-state index contributed by atoms with van der Waals surface area (Å²) >= 11 is 0. The van der Waals surface area contributed by atoms with Gasteiger partial charge in [0.1, 0.15) is 0 Å². The van der Waals surface area contributed by atoms with Crippen molar-refractivity contribution in [3.8, 4) is 44.6 Å². The van der Waals surface area contributed by atoms with Crippen molar-refractivity contribution < 1.29 is 0 Å². The largest absolute Gasteiger partial charge is 0.247 e. The van der Waals surface area contributed by atoms with E-state index >= 15 is 0 Å². The monoisotopic (exact) mass is 673 g/mol. The van der Waals surface area contributed by atoms with Crippen molar-refractivity contribution in [1.82, 2.24) is 4.98 Å². The Morgan fingerprint density at radius 1 is 0.358 bits per heavy atom. The zero-order valence-electron chi connectivity index (χ0n) is 29.7. The lowest BCUT2D eigenvalue weighted by molar-refractivity contribution is 0.662. The van der Waals surface area contributed by atoms with Gasteiger partial charge in [0.25, 0.3) is 0 Å². The molecule has 1 heterocycles. The quantitative estimate of drug-likeness (QED) is 0.170. The van der Waals surface area contributed by atoms with Crippen LogP contribution in [-0.2, 0) is 5.41 Å². The minimum atomic E-state index is -0.162. The molecular formula is C52H35N. The van der Waals surface area contributed by atoms with Gasteiger partial charge in [0, 0.05) is 16.4 Å². The van der Waals surface area contributed by atoms with Crippen molar-refractivity contribution in [2.24, 2.45) is 0 Å². The first-order valence-electron chi connectivity index (χ1n) is 18.6. The van der Waals surface area contributed by atoms with Crippen LogP contribution in [0.2, 0.25) is 0 Å². The highest BCUT2D eigenvalue weighted by atomic mass is 14.7. The van der Waals surface area contributed by atoms with E-state index in [-0.39, 0.29) is 5.41 Å². The Morgan fingerprint density at radius 2 is 0.830 bits per heavy atom. The van der Waals surface area contributed by atoms with Crippen LogP contribution in [0.15, 0.2) is 176 Å². The summed E-state index contributed by atoms with van der Waals surface area (Å²) in [6.07, 6.45) is 0.